The Hall–Kier alpha value is -1.42. The minimum absolute atomic E-state index is 0.0152. The van der Waals surface area contributed by atoms with Crippen molar-refractivity contribution in [2.45, 2.75) is 13.3 Å². The molecule has 1 saturated heterocycles. The van der Waals surface area contributed by atoms with Gasteiger partial charge in [0, 0.05) is 4.47 Å². The molecule has 1 aromatic carbocycles. The van der Waals surface area contributed by atoms with Gasteiger partial charge in [-0.15, -0.1) is 0 Å². The molecular weight excluding hydrogens is 342 g/mol. The average Bonchev–Trinajstić information content (AvgIpc) is 3.28. The molecule has 3 nitrogen and oxygen atoms in total. The second-order valence-electron chi connectivity index (χ2n) is 7.10. The molecule has 0 radical (unpaired) electrons. The van der Waals surface area contributed by atoms with Crippen LogP contribution in [0.25, 0.3) is 0 Å². The maximum atomic E-state index is 13.0. The predicted octanol–water partition coefficient (Wildman–Crippen LogP) is 3.32. The molecule has 22 heavy (non-hydrogen) atoms. The predicted molar refractivity (Wildman–Crippen MR) is 86.1 cm³/mol. The summed E-state index contributed by atoms with van der Waals surface area (Å²) >= 11 is 3.47. The van der Waals surface area contributed by atoms with Crippen LogP contribution in [0, 0.1) is 42.4 Å². The van der Waals surface area contributed by atoms with Gasteiger partial charge in [0.1, 0.15) is 0 Å². The number of nitrogens with zero attached hydrogens (tertiary/aromatic N) is 1. The molecule has 1 aliphatic heterocycles. The summed E-state index contributed by atoms with van der Waals surface area (Å²) in [7, 11) is 0. The highest BCUT2D eigenvalue weighted by atomic mass is 79.9. The number of imide groups is 1. The summed E-state index contributed by atoms with van der Waals surface area (Å²) in [4.78, 5) is 27.4. The van der Waals surface area contributed by atoms with Crippen molar-refractivity contribution < 1.29 is 9.59 Å². The fourth-order valence-electron chi connectivity index (χ4n) is 4.98. The van der Waals surface area contributed by atoms with Gasteiger partial charge in [-0.25, -0.2) is 0 Å². The van der Waals surface area contributed by atoms with Crippen LogP contribution in [0.3, 0.4) is 0 Å². The van der Waals surface area contributed by atoms with Gasteiger partial charge in [-0.2, -0.15) is 0 Å². The van der Waals surface area contributed by atoms with Crippen LogP contribution in [0.2, 0.25) is 0 Å². The van der Waals surface area contributed by atoms with E-state index in [0.29, 0.717) is 11.8 Å². The van der Waals surface area contributed by atoms with E-state index in [0.717, 1.165) is 15.7 Å². The molecule has 4 heteroatoms. The summed E-state index contributed by atoms with van der Waals surface area (Å²) in [6.07, 6.45) is 5.62. The maximum Gasteiger partial charge on any atom is 0.238 e. The summed E-state index contributed by atoms with van der Waals surface area (Å²) in [5.74, 6) is 1.68. The van der Waals surface area contributed by atoms with E-state index in [4.69, 9.17) is 0 Å². The van der Waals surface area contributed by atoms with Crippen LogP contribution in [0.4, 0.5) is 5.69 Å². The fourth-order valence-corrected chi connectivity index (χ4v) is 5.23. The van der Waals surface area contributed by atoms with Crippen LogP contribution >= 0.6 is 15.9 Å². The summed E-state index contributed by atoms with van der Waals surface area (Å²) in [6, 6.07) is 5.70. The number of amides is 2. The minimum Gasteiger partial charge on any atom is -0.274 e. The lowest BCUT2D eigenvalue weighted by molar-refractivity contribution is -0.124. The van der Waals surface area contributed by atoms with Crippen molar-refractivity contribution in [2.75, 3.05) is 4.90 Å². The van der Waals surface area contributed by atoms with Crippen LogP contribution < -0.4 is 4.90 Å². The highest BCUT2D eigenvalue weighted by Gasteiger charge is 2.67. The van der Waals surface area contributed by atoms with E-state index in [1.54, 1.807) is 0 Å². The van der Waals surface area contributed by atoms with Crippen LogP contribution in [-0.2, 0) is 9.59 Å². The van der Waals surface area contributed by atoms with E-state index >= 15 is 0 Å². The van der Waals surface area contributed by atoms with Crippen LogP contribution in [-0.4, -0.2) is 11.8 Å². The Morgan fingerprint density at radius 1 is 1.05 bits per heavy atom. The Bertz CT molecular complexity index is 719. The van der Waals surface area contributed by atoms with Gasteiger partial charge in [0.05, 0.1) is 17.5 Å². The second-order valence-corrected chi connectivity index (χ2v) is 7.95. The zero-order chi connectivity index (χ0) is 15.2. The van der Waals surface area contributed by atoms with Crippen molar-refractivity contribution >= 4 is 33.4 Å². The van der Waals surface area contributed by atoms with E-state index in [2.05, 4.69) is 28.1 Å². The zero-order valence-electron chi connectivity index (χ0n) is 12.2. The number of carbonyl (C=O) groups excluding carboxylic acids is 2. The zero-order valence-corrected chi connectivity index (χ0v) is 13.8. The SMILES string of the molecule is Cc1cc(N2C(=O)[C@@H]3[C@@H]4C=C[C@@H]([C@@H]5C[C@H]45)[C@@H]3C2=O)ccc1Br. The average molecular weight is 358 g/mol. The number of halogens is 1. The Morgan fingerprint density at radius 2 is 1.64 bits per heavy atom. The van der Waals surface area contributed by atoms with Gasteiger partial charge in [0.2, 0.25) is 11.8 Å². The van der Waals surface area contributed by atoms with Gasteiger partial charge in [-0.1, -0.05) is 28.1 Å². The molecule has 0 N–H and O–H groups in total. The molecule has 1 aromatic rings. The molecule has 2 bridgehead atoms. The van der Waals surface area contributed by atoms with Crippen molar-refractivity contribution in [1.29, 1.82) is 0 Å². The smallest absolute Gasteiger partial charge is 0.238 e. The molecule has 3 fully saturated rings. The van der Waals surface area contributed by atoms with Crippen molar-refractivity contribution in [3.63, 3.8) is 0 Å². The lowest BCUT2D eigenvalue weighted by Crippen LogP contribution is -2.40. The molecule has 6 rings (SSSR count). The Labute approximate surface area is 137 Å². The lowest BCUT2D eigenvalue weighted by atomic mass is 9.63. The maximum absolute atomic E-state index is 13.0. The highest BCUT2D eigenvalue weighted by Crippen LogP contribution is 2.65. The van der Waals surface area contributed by atoms with Gasteiger partial charge in [-0.05, 0) is 60.8 Å². The lowest BCUT2D eigenvalue weighted by Gasteiger charge is -2.37. The first-order valence-electron chi connectivity index (χ1n) is 7.90. The van der Waals surface area contributed by atoms with Gasteiger partial charge in [0.15, 0.2) is 0 Å². The normalized spacial score (nSPS) is 40.9. The van der Waals surface area contributed by atoms with E-state index < -0.39 is 0 Å². The third-order valence-corrected chi connectivity index (χ3v) is 6.95. The third kappa shape index (κ3) is 1.47. The Balaban J connectivity index is 1.58. The molecule has 6 atom stereocenters. The first kappa shape index (κ1) is 13.1. The second kappa shape index (κ2) is 4.10. The number of anilines is 1. The molecule has 4 aliphatic carbocycles. The topological polar surface area (TPSA) is 37.4 Å². The number of allylic oxidation sites excluding steroid dienone is 2. The number of aryl methyl sites for hydroxylation is 1. The highest BCUT2D eigenvalue weighted by molar-refractivity contribution is 9.10. The van der Waals surface area contributed by atoms with Crippen molar-refractivity contribution in [3.8, 4) is 0 Å². The molecule has 0 unspecified atom stereocenters. The largest absolute Gasteiger partial charge is 0.274 e. The number of rotatable bonds is 1. The van der Waals surface area contributed by atoms with Gasteiger partial charge >= 0.3 is 0 Å². The Kier molecular flexibility index (Phi) is 2.44. The van der Waals surface area contributed by atoms with Crippen molar-refractivity contribution in [2.24, 2.45) is 35.5 Å². The third-order valence-electron chi connectivity index (χ3n) is 6.06. The summed E-state index contributed by atoms with van der Waals surface area (Å²) in [5.41, 5.74) is 1.76. The summed E-state index contributed by atoms with van der Waals surface area (Å²) in [6.45, 7) is 1.98. The monoisotopic (exact) mass is 357 g/mol. The molecule has 2 saturated carbocycles. The number of hydrogen-bond donors (Lipinski definition) is 0. The molecule has 1 heterocycles. The molecule has 2 amide bonds. The molecule has 112 valence electrons. The van der Waals surface area contributed by atoms with E-state index in [1.807, 2.05) is 25.1 Å². The standard InChI is InChI=1S/C18H16BrNO2/c1-8-6-9(2-5-14(8)19)20-17(21)15-10-3-4-11(13-7-12(10)13)16(15)18(20)22/h2-6,10-13,15-16H,7H2,1H3/t10-,11+,12-,13+,15-,16+. The molecule has 0 aromatic heterocycles. The fraction of sp³-hybridized carbons (Fsp3) is 0.444. The quantitative estimate of drug-likeness (QED) is 0.571. The van der Waals surface area contributed by atoms with Gasteiger partial charge < -0.3 is 0 Å². The van der Waals surface area contributed by atoms with Crippen molar-refractivity contribution in [1.82, 2.24) is 0 Å². The van der Waals surface area contributed by atoms with E-state index in [-0.39, 0.29) is 35.5 Å². The van der Waals surface area contributed by atoms with Gasteiger partial charge in [0.25, 0.3) is 0 Å². The summed E-state index contributed by atoms with van der Waals surface area (Å²) < 4.78 is 0.996. The molecular formula is C18H16BrNO2. The number of hydrogen-bond acceptors (Lipinski definition) is 2. The van der Waals surface area contributed by atoms with Crippen LogP contribution in [0.15, 0.2) is 34.8 Å². The van der Waals surface area contributed by atoms with Crippen LogP contribution in [0.5, 0.6) is 0 Å². The van der Waals surface area contributed by atoms with Gasteiger partial charge in [-0.3, -0.25) is 14.5 Å². The minimum atomic E-state index is -0.116. The van der Waals surface area contributed by atoms with Crippen molar-refractivity contribution in [3.05, 3.63) is 40.4 Å². The first-order valence-corrected chi connectivity index (χ1v) is 8.69. The summed E-state index contributed by atoms with van der Waals surface area (Å²) in [5, 5.41) is 0. The Morgan fingerprint density at radius 3 is 2.18 bits per heavy atom. The van der Waals surface area contributed by atoms with E-state index in [1.165, 1.54) is 11.3 Å². The molecule has 5 aliphatic rings. The van der Waals surface area contributed by atoms with Crippen LogP contribution in [0.1, 0.15) is 12.0 Å². The van der Waals surface area contributed by atoms with E-state index in [9.17, 15) is 9.59 Å². The first-order chi connectivity index (χ1) is 10.6. The molecule has 0 spiro atoms. The number of carbonyl (C=O) groups is 2. The number of benzene rings is 1.